The Morgan fingerprint density at radius 1 is 1.33 bits per heavy atom. The number of hydrogen-bond acceptors (Lipinski definition) is 1. The Kier molecular flexibility index (Phi) is 4.93. The molecule has 2 atom stereocenters. The van der Waals surface area contributed by atoms with Crippen LogP contribution in [0.4, 0.5) is 0 Å². The van der Waals surface area contributed by atoms with Crippen molar-refractivity contribution < 1.29 is 0 Å². The number of terminal acetylenes is 1. The van der Waals surface area contributed by atoms with Gasteiger partial charge in [-0.05, 0) is 25.3 Å². The van der Waals surface area contributed by atoms with E-state index in [1.54, 1.807) is 0 Å². The van der Waals surface area contributed by atoms with Gasteiger partial charge < -0.3 is 5.32 Å². The van der Waals surface area contributed by atoms with Crippen molar-refractivity contribution >= 4 is 0 Å². The molecule has 0 amide bonds. The van der Waals surface area contributed by atoms with Crippen molar-refractivity contribution in [3.63, 3.8) is 0 Å². The van der Waals surface area contributed by atoms with Gasteiger partial charge in [-0.25, -0.2) is 0 Å². The standard InChI is InChI=1S/C14H19N/c1-4-12(3)15-14(5-2)11-13-9-7-6-8-10-13/h1,6-10,12,14-15H,5,11H2,2-3H3. The van der Waals surface area contributed by atoms with E-state index in [1.807, 2.05) is 13.0 Å². The molecule has 0 fully saturated rings. The van der Waals surface area contributed by atoms with Gasteiger partial charge in [-0.3, -0.25) is 0 Å². The molecule has 0 radical (unpaired) electrons. The molecule has 0 aliphatic heterocycles. The third-order valence-electron chi connectivity index (χ3n) is 2.55. The van der Waals surface area contributed by atoms with Gasteiger partial charge in [-0.15, -0.1) is 6.42 Å². The molecule has 0 spiro atoms. The quantitative estimate of drug-likeness (QED) is 0.722. The van der Waals surface area contributed by atoms with E-state index < -0.39 is 0 Å². The van der Waals surface area contributed by atoms with Crippen molar-refractivity contribution in [2.45, 2.75) is 38.8 Å². The summed E-state index contributed by atoms with van der Waals surface area (Å²) in [6, 6.07) is 11.1. The maximum atomic E-state index is 5.36. The summed E-state index contributed by atoms with van der Waals surface area (Å²) < 4.78 is 0. The van der Waals surface area contributed by atoms with Crippen molar-refractivity contribution in [3.8, 4) is 12.3 Å². The minimum atomic E-state index is 0.152. The fourth-order valence-corrected chi connectivity index (χ4v) is 1.62. The summed E-state index contributed by atoms with van der Waals surface area (Å²) in [5.41, 5.74) is 1.36. The van der Waals surface area contributed by atoms with E-state index in [0.717, 1.165) is 12.8 Å². The molecule has 0 heterocycles. The van der Waals surface area contributed by atoms with Crippen LogP contribution < -0.4 is 5.32 Å². The molecule has 80 valence electrons. The average Bonchev–Trinajstić information content (AvgIpc) is 2.29. The molecule has 0 saturated carbocycles. The van der Waals surface area contributed by atoms with Crippen LogP contribution in [0.25, 0.3) is 0 Å². The molecular weight excluding hydrogens is 182 g/mol. The maximum Gasteiger partial charge on any atom is 0.0660 e. The Morgan fingerprint density at radius 2 is 2.00 bits per heavy atom. The lowest BCUT2D eigenvalue weighted by atomic mass is 10.0. The van der Waals surface area contributed by atoms with Gasteiger partial charge in [0.1, 0.15) is 0 Å². The second kappa shape index (κ2) is 6.27. The highest BCUT2D eigenvalue weighted by atomic mass is 14.9. The second-order valence-electron chi connectivity index (χ2n) is 3.85. The summed E-state index contributed by atoms with van der Waals surface area (Å²) in [6.07, 6.45) is 7.50. The molecule has 0 aromatic heterocycles. The Hall–Kier alpha value is -1.26. The topological polar surface area (TPSA) is 12.0 Å². The van der Waals surface area contributed by atoms with Crippen LogP contribution in [0.2, 0.25) is 0 Å². The van der Waals surface area contributed by atoms with Crippen molar-refractivity contribution in [3.05, 3.63) is 35.9 Å². The molecule has 1 aromatic carbocycles. The minimum absolute atomic E-state index is 0.152. The van der Waals surface area contributed by atoms with E-state index in [9.17, 15) is 0 Å². The highest BCUT2D eigenvalue weighted by Crippen LogP contribution is 2.06. The van der Waals surface area contributed by atoms with E-state index in [-0.39, 0.29) is 6.04 Å². The van der Waals surface area contributed by atoms with E-state index in [4.69, 9.17) is 6.42 Å². The molecule has 0 aliphatic carbocycles. The van der Waals surface area contributed by atoms with Crippen molar-refractivity contribution in [2.75, 3.05) is 0 Å². The molecule has 1 aromatic rings. The van der Waals surface area contributed by atoms with Crippen LogP contribution in [-0.4, -0.2) is 12.1 Å². The lowest BCUT2D eigenvalue weighted by molar-refractivity contribution is 0.476. The van der Waals surface area contributed by atoms with Crippen molar-refractivity contribution in [1.82, 2.24) is 5.32 Å². The molecule has 1 heteroatoms. The molecular formula is C14H19N. The first-order chi connectivity index (χ1) is 7.26. The summed E-state index contributed by atoms with van der Waals surface area (Å²) in [7, 11) is 0. The Labute approximate surface area is 92.9 Å². The maximum absolute atomic E-state index is 5.36. The van der Waals surface area contributed by atoms with Crippen LogP contribution >= 0.6 is 0 Å². The van der Waals surface area contributed by atoms with Crippen LogP contribution in [0.15, 0.2) is 30.3 Å². The summed E-state index contributed by atoms with van der Waals surface area (Å²) >= 11 is 0. The second-order valence-corrected chi connectivity index (χ2v) is 3.85. The minimum Gasteiger partial charge on any atom is -0.301 e. The smallest absolute Gasteiger partial charge is 0.0660 e. The van der Waals surface area contributed by atoms with E-state index in [0.29, 0.717) is 6.04 Å². The predicted octanol–water partition coefficient (Wildman–Crippen LogP) is 2.62. The van der Waals surface area contributed by atoms with Crippen LogP contribution in [0.1, 0.15) is 25.8 Å². The zero-order chi connectivity index (χ0) is 11.1. The van der Waals surface area contributed by atoms with Gasteiger partial charge in [-0.1, -0.05) is 43.2 Å². The Morgan fingerprint density at radius 3 is 2.53 bits per heavy atom. The molecule has 15 heavy (non-hydrogen) atoms. The van der Waals surface area contributed by atoms with Gasteiger partial charge >= 0.3 is 0 Å². The number of nitrogens with one attached hydrogen (secondary N) is 1. The summed E-state index contributed by atoms with van der Waals surface area (Å²) in [6.45, 7) is 4.21. The van der Waals surface area contributed by atoms with Gasteiger partial charge in [0, 0.05) is 6.04 Å². The van der Waals surface area contributed by atoms with E-state index in [1.165, 1.54) is 5.56 Å². The highest BCUT2D eigenvalue weighted by molar-refractivity contribution is 5.16. The lowest BCUT2D eigenvalue weighted by Gasteiger charge is -2.19. The largest absolute Gasteiger partial charge is 0.301 e. The Bertz CT molecular complexity index is 310. The number of rotatable bonds is 5. The van der Waals surface area contributed by atoms with Gasteiger partial charge in [0.15, 0.2) is 0 Å². The zero-order valence-corrected chi connectivity index (χ0v) is 9.53. The molecule has 1 rings (SSSR count). The summed E-state index contributed by atoms with van der Waals surface area (Å²) in [4.78, 5) is 0. The summed E-state index contributed by atoms with van der Waals surface area (Å²) in [5, 5.41) is 3.43. The van der Waals surface area contributed by atoms with Crippen LogP contribution in [0, 0.1) is 12.3 Å². The fraction of sp³-hybridized carbons (Fsp3) is 0.429. The van der Waals surface area contributed by atoms with Gasteiger partial charge in [-0.2, -0.15) is 0 Å². The number of benzene rings is 1. The number of hydrogen-bond donors (Lipinski definition) is 1. The SMILES string of the molecule is C#CC(C)NC(CC)Cc1ccccc1. The zero-order valence-electron chi connectivity index (χ0n) is 9.53. The first-order valence-electron chi connectivity index (χ1n) is 5.52. The normalized spacial score (nSPS) is 14.2. The predicted molar refractivity (Wildman–Crippen MR) is 65.7 cm³/mol. The molecule has 1 N–H and O–H groups in total. The highest BCUT2D eigenvalue weighted by Gasteiger charge is 2.08. The molecule has 0 saturated heterocycles. The monoisotopic (exact) mass is 201 g/mol. The van der Waals surface area contributed by atoms with Gasteiger partial charge in [0.2, 0.25) is 0 Å². The average molecular weight is 201 g/mol. The molecule has 0 aliphatic rings. The van der Waals surface area contributed by atoms with Gasteiger partial charge in [0.25, 0.3) is 0 Å². The van der Waals surface area contributed by atoms with Crippen molar-refractivity contribution in [2.24, 2.45) is 0 Å². The summed E-state index contributed by atoms with van der Waals surface area (Å²) in [5.74, 6) is 2.70. The van der Waals surface area contributed by atoms with Crippen LogP contribution in [0.5, 0.6) is 0 Å². The molecule has 2 unspecified atom stereocenters. The third kappa shape index (κ3) is 4.18. The van der Waals surface area contributed by atoms with E-state index in [2.05, 4.69) is 42.4 Å². The Balaban J connectivity index is 2.51. The van der Waals surface area contributed by atoms with E-state index >= 15 is 0 Å². The van der Waals surface area contributed by atoms with Crippen LogP contribution in [0.3, 0.4) is 0 Å². The first kappa shape index (κ1) is 11.8. The fourth-order valence-electron chi connectivity index (χ4n) is 1.62. The van der Waals surface area contributed by atoms with Crippen LogP contribution in [-0.2, 0) is 6.42 Å². The first-order valence-corrected chi connectivity index (χ1v) is 5.52. The molecule has 1 nitrogen and oxygen atoms in total. The van der Waals surface area contributed by atoms with Gasteiger partial charge in [0.05, 0.1) is 6.04 Å². The van der Waals surface area contributed by atoms with Crippen molar-refractivity contribution in [1.29, 1.82) is 0 Å². The third-order valence-corrected chi connectivity index (χ3v) is 2.55. The molecule has 0 bridgehead atoms. The lowest BCUT2D eigenvalue weighted by Crippen LogP contribution is -2.36.